The smallest absolute Gasteiger partial charge is 0.274 e. The Morgan fingerprint density at radius 1 is 1.04 bits per heavy atom. The molecule has 1 aliphatic rings. The molecule has 1 aliphatic carbocycles. The Balaban J connectivity index is 1.67. The van der Waals surface area contributed by atoms with Crippen LogP contribution < -0.4 is 10.6 Å². The van der Waals surface area contributed by atoms with Gasteiger partial charge in [0.05, 0.1) is 0 Å². The molecule has 0 saturated heterocycles. The van der Waals surface area contributed by atoms with Gasteiger partial charge in [0.25, 0.3) is 11.8 Å². The lowest BCUT2D eigenvalue weighted by Crippen LogP contribution is -2.36. The zero-order valence-electron chi connectivity index (χ0n) is 13.8. The molecule has 1 aromatic carbocycles. The third-order valence-electron chi connectivity index (χ3n) is 4.28. The van der Waals surface area contributed by atoms with E-state index in [1.807, 2.05) is 0 Å². The van der Waals surface area contributed by atoms with E-state index in [2.05, 4.69) is 15.6 Å². The lowest BCUT2D eigenvalue weighted by molar-refractivity contribution is 0.0927. The SMILES string of the molecule is O=C(NC1CCCCC1)c1ccnc(C(=O)Nc2cccc(F)c2)c1. The van der Waals surface area contributed by atoms with Gasteiger partial charge in [-0.2, -0.15) is 0 Å². The predicted octanol–water partition coefficient (Wildman–Crippen LogP) is 3.54. The predicted molar refractivity (Wildman–Crippen MR) is 92.9 cm³/mol. The second-order valence-electron chi connectivity index (χ2n) is 6.20. The van der Waals surface area contributed by atoms with Gasteiger partial charge in [0, 0.05) is 23.5 Å². The number of carbonyl (C=O) groups is 2. The van der Waals surface area contributed by atoms with Crippen LogP contribution in [-0.4, -0.2) is 22.8 Å². The summed E-state index contributed by atoms with van der Waals surface area (Å²) in [5.41, 5.74) is 0.842. The second-order valence-corrected chi connectivity index (χ2v) is 6.20. The summed E-state index contributed by atoms with van der Waals surface area (Å²) in [6.07, 6.45) is 6.88. The summed E-state index contributed by atoms with van der Waals surface area (Å²) in [5.74, 6) is -1.13. The van der Waals surface area contributed by atoms with Crippen molar-refractivity contribution >= 4 is 17.5 Å². The number of halogens is 1. The maximum absolute atomic E-state index is 13.2. The standard InChI is InChI=1S/C19H20FN3O2/c20-14-5-4-8-16(12-14)23-19(25)17-11-13(9-10-21-17)18(24)22-15-6-2-1-3-7-15/h4-5,8-12,15H,1-3,6-7H2,(H,22,24)(H,23,25). The summed E-state index contributed by atoms with van der Waals surface area (Å²) >= 11 is 0. The van der Waals surface area contributed by atoms with E-state index in [1.165, 1.54) is 36.9 Å². The molecule has 25 heavy (non-hydrogen) atoms. The Morgan fingerprint density at radius 3 is 2.60 bits per heavy atom. The molecule has 5 nitrogen and oxygen atoms in total. The van der Waals surface area contributed by atoms with Gasteiger partial charge in [-0.1, -0.05) is 25.3 Å². The van der Waals surface area contributed by atoms with Gasteiger partial charge in [-0.15, -0.1) is 0 Å². The fraction of sp³-hybridized carbons (Fsp3) is 0.316. The molecule has 1 aromatic heterocycles. The highest BCUT2D eigenvalue weighted by atomic mass is 19.1. The summed E-state index contributed by atoms with van der Waals surface area (Å²) in [6.45, 7) is 0. The first-order valence-corrected chi connectivity index (χ1v) is 8.45. The van der Waals surface area contributed by atoms with Crippen LogP contribution in [0.3, 0.4) is 0 Å². The molecule has 0 atom stereocenters. The monoisotopic (exact) mass is 341 g/mol. The van der Waals surface area contributed by atoms with E-state index in [9.17, 15) is 14.0 Å². The van der Waals surface area contributed by atoms with Crippen molar-refractivity contribution in [2.45, 2.75) is 38.1 Å². The van der Waals surface area contributed by atoms with Gasteiger partial charge < -0.3 is 10.6 Å². The number of nitrogens with one attached hydrogen (secondary N) is 2. The van der Waals surface area contributed by atoms with Crippen LogP contribution in [0.5, 0.6) is 0 Å². The molecule has 0 unspecified atom stereocenters. The molecule has 0 spiro atoms. The van der Waals surface area contributed by atoms with E-state index < -0.39 is 11.7 Å². The number of hydrogen-bond acceptors (Lipinski definition) is 3. The first-order valence-electron chi connectivity index (χ1n) is 8.45. The normalized spacial score (nSPS) is 14.8. The third kappa shape index (κ3) is 4.62. The van der Waals surface area contributed by atoms with E-state index in [1.54, 1.807) is 12.1 Å². The lowest BCUT2D eigenvalue weighted by atomic mass is 9.95. The number of carbonyl (C=O) groups excluding carboxylic acids is 2. The number of aromatic nitrogens is 1. The first-order chi connectivity index (χ1) is 12.1. The number of pyridine rings is 1. The van der Waals surface area contributed by atoms with Crippen LogP contribution in [0.15, 0.2) is 42.6 Å². The van der Waals surface area contributed by atoms with Crippen molar-refractivity contribution in [2.24, 2.45) is 0 Å². The number of anilines is 1. The molecular formula is C19H20FN3O2. The van der Waals surface area contributed by atoms with Gasteiger partial charge in [-0.25, -0.2) is 4.39 Å². The number of amides is 2. The highest BCUT2D eigenvalue weighted by Crippen LogP contribution is 2.18. The van der Waals surface area contributed by atoms with Gasteiger partial charge in [0.1, 0.15) is 11.5 Å². The molecular weight excluding hydrogens is 321 g/mol. The van der Waals surface area contributed by atoms with Crippen molar-refractivity contribution in [1.82, 2.24) is 10.3 Å². The average Bonchev–Trinajstić information content (AvgIpc) is 2.62. The van der Waals surface area contributed by atoms with E-state index in [0.717, 1.165) is 25.7 Å². The van der Waals surface area contributed by atoms with Crippen LogP contribution in [0.4, 0.5) is 10.1 Å². The van der Waals surface area contributed by atoms with Crippen molar-refractivity contribution in [3.8, 4) is 0 Å². The van der Waals surface area contributed by atoms with Crippen LogP contribution in [0.25, 0.3) is 0 Å². The molecule has 0 bridgehead atoms. The quantitative estimate of drug-likeness (QED) is 0.893. The third-order valence-corrected chi connectivity index (χ3v) is 4.28. The number of hydrogen-bond donors (Lipinski definition) is 2. The van der Waals surface area contributed by atoms with E-state index in [-0.39, 0.29) is 17.6 Å². The molecule has 6 heteroatoms. The molecule has 3 rings (SSSR count). The van der Waals surface area contributed by atoms with E-state index >= 15 is 0 Å². The lowest BCUT2D eigenvalue weighted by Gasteiger charge is -2.22. The first kappa shape index (κ1) is 17.1. The summed E-state index contributed by atoms with van der Waals surface area (Å²) in [4.78, 5) is 28.6. The Bertz CT molecular complexity index is 773. The largest absolute Gasteiger partial charge is 0.349 e. The Morgan fingerprint density at radius 2 is 1.84 bits per heavy atom. The van der Waals surface area contributed by atoms with Gasteiger partial charge >= 0.3 is 0 Å². The van der Waals surface area contributed by atoms with E-state index in [4.69, 9.17) is 0 Å². The summed E-state index contributed by atoms with van der Waals surface area (Å²) in [7, 11) is 0. The minimum atomic E-state index is -0.488. The molecule has 0 radical (unpaired) electrons. The molecule has 130 valence electrons. The van der Waals surface area contributed by atoms with Crippen LogP contribution >= 0.6 is 0 Å². The zero-order chi connectivity index (χ0) is 17.6. The van der Waals surface area contributed by atoms with Crippen molar-refractivity contribution in [3.05, 3.63) is 59.7 Å². The highest BCUT2D eigenvalue weighted by molar-refractivity contribution is 6.04. The number of nitrogens with zero attached hydrogens (tertiary/aromatic N) is 1. The molecule has 2 amide bonds. The number of benzene rings is 1. The minimum Gasteiger partial charge on any atom is -0.349 e. The van der Waals surface area contributed by atoms with E-state index in [0.29, 0.717) is 11.3 Å². The van der Waals surface area contributed by atoms with Crippen LogP contribution in [0, 0.1) is 5.82 Å². The average molecular weight is 341 g/mol. The summed E-state index contributed by atoms with van der Waals surface area (Å²) in [6, 6.07) is 8.83. The van der Waals surface area contributed by atoms with Crippen LogP contribution in [0.2, 0.25) is 0 Å². The molecule has 1 fully saturated rings. The molecule has 0 aliphatic heterocycles. The molecule has 1 heterocycles. The van der Waals surface area contributed by atoms with Gasteiger partial charge in [-0.05, 0) is 43.2 Å². The second kappa shape index (κ2) is 7.88. The van der Waals surface area contributed by atoms with Crippen molar-refractivity contribution in [2.75, 3.05) is 5.32 Å². The highest BCUT2D eigenvalue weighted by Gasteiger charge is 2.18. The maximum Gasteiger partial charge on any atom is 0.274 e. The van der Waals surface area contributed by atoms with Crippen molar-refractivity contribution in [1.29, 1.82) is 0 Å². The van der Waals surface area contributed by atoms with Crippen LogP contribution in [0.1, 0.15) is 53.0 Å². The fourth-order valence-corrected chi connectivity index (χ4v) is 2.97. The Hall–Kier alpha value is -2.76. The van der Waals surface area contributed by atoms with Crippen molar-refractivity contribution in [3.63, 3.8) is 0 Å². The van der Waals surface area contributed by atoms with Gasteiger partial charge in [0.2, 0.25) is 0 Å². The van der Waals surface area contributed by atoms with Gasteiger partial charge in [0.15, 0.2) is 0 Å². The zero-order valence-corrected chi connectivity index (χ0v) is 13.8. The molecule has 2 N–H and O–H groups in total. The summed E-state index contributed by atoms with van der Waals surface area (Å²) in [5, 5.41) is 5.58. The summed E-state index contributed by atoms with van der Waals surface area (Å²) < 4.78 is 13.2. The minimum absolute atomic E-state index is 0.112. The van der Waals surface area contributed by atoms with Crippen molar-refractivity contribution < 1.29 is 14.0 Å². The molecule has 2 aromatic rings. The van der Waals surface area contributed by atoms with Gasteiger partial charge in [-0.3, -0.25) is 14.6 Å². The van der Waals surface area contributed by atoms with Crippen LogP contribution in [-0.2, 0) is 0 Å². The number of rotatable bonds is 4. The molecule has 1 saturated carbocycles. The maximum atomic E-state index is 13.2. The fourth-order valence-electron chi connectivity index (χ4n) is 2.97. The Kier molecular flexibility index (Phi) is 5.38. The Labute approximate surface area is 145 Å². The topological polar surface area (TPSA) is 71.1 Å².